The van der Waals surface area contributed by atoms with Gasteiger partial charge in [0.25, 0.3) is 0 Å². The molecule has 0 aliphatic heterocycles. The van der Waals surface area contributed by atoms with Crippen molar-refractivity contribution in [2.45, 2.75) is 4.90 Å². The van der Waals surface area contributed by atoms with Gasteiger partial charge in [0, 0.05) is 0 Å². The molecule has 1 aromatic carbocycles. The number of benzene rings is 1. The Morgan fingerprint density at radius 2 is 2.00 bits per heavy atom. The molecule has 0 saturated heterocycles. The molecule has 11 heavy (non-hydrogen) atoms. The van der Waals surface area contributed by atoms with Crippen LogP contribution in [0.15, 0.2) is 29.2 Å². The van der Waals surface area contributed by atoms with Crippen molar-refractivity contribution in [1.29, 1.82) is 0 Å². The Labute approximate surface area is 65.6 Å². The van der Waals surface area contributed by atoms with E-state index in [1.165, 1.54) is 12.1 Å². The fourth-order valence-electron chi connectivity index (χ4n) is 0.749. The number of hydrogen-bond acceptors (Lipinski definition) is 2. The summed E-state index contributed by atoms with van der Waals surface area (Å²) in [6.07, 6.45) is 0. The molecule has 0 saturated carbocycles. The van der Waals surface area contributed by atoms with Gasteiger partial charge in [-0.2, -0.15) is 0 Å². The standard InChI is InChI=1S/C7H9NO2S/c1-11(8,10)7-5-3-2-4-6(7)9/h2-5,9H,1H2,(H2,8,10). The smallest absolute Gasteiger partial charge is 0.132 e. The molecule has 3 nitrogen and oxygen atoms in total. The molecule has 1 atom stereocenters. The number of rotatable bonds is 1. The molecule has 0 fully saturated rings. The van der Waals surface area contributed by atoms with E-state index in [9.17, 15) is 4.21 Å². The van der Waals surface area contributed by atoms with Gasteiger partial charge in [0.05, 0.1) is 14.6 Å². The first-order valence-corrected chi connectivity index (χ1v) is 4.74. The summed E-state index contributed by atoms with van der Waals surface area (Å²) in [4.78, 5) is 0.194. The number of hydrogen-bond donors (Lipinski definition) is 2. The third-order valence-electron chi connectivity index (χ3n) is 1.24. The average molecular weight is 171 g/mol. The molecule has 0 aliphatic carbocycles. The van der Waals surface area contributed by atoms with Gasteiger partial charge >= 0.3 is 0 Å². The topological polar surface area (TPSA) is 63.3 Å². The lowest BCUT2D eigenvalue weighted by Gasteiger charge is -2.03. The van der Waals surface area contributed by atoms with Crippen LogP contribution in [-0.4, -0.2) is 15.2 Å². The van der Waals surface area contributed by atoms with Crippen LogP contribution in [-0.2, 0) is 9.71 Å². The van der Waals surface area contributed by atoms with E-state index in [4.69, 9.17) is 10.2 Å². The number of phenols is 1. The summed E-state index contributed by atoms with van der Waals surface area (Å²) >= 11 is 0. The summed E-state index contributed by atoms with van der Waals surface area (Å²) in [5, 5.41) is 14.4. The van der Waals surface area contributed by atoms with E-state index < -0.39 is 9.71 Å². The van der Waals surface area contributed by atoms with Crippen molar-refractivity contribution >= 4 is 15.6 Å². The van der Waals surface area contributed by atoms with Gasteiger partial charge in [0.1, 0.15) is 5.75 Å². The summed E-state index contributed by atoms with van der Waals surface area (Å²) in [6, 6.07) is 6.19. The normalized spacial score (nSPS) is 15.7. The van der Waals surface area contributed by atoms with Crippen LogP contribution >= 0.6 is 0 Å². The first-order chi connectivity index (χ1) is 5.02. The third kappa shape index (κ3) is 1.72. The lowest BCUT2D eigenvalue weighted by molar-refractivity contribution is 0.461. The average Bonchev–Trinajstić information content (AvgIpc) is 1.86. The van der Waals surface area contributed by atoms with Crippen LogP contribution in [0.25, 0.3) is 0 Å². The van der Waals surface area contributed by atoms with Crippen molar-refractivity contribution in [1.82, 2.24) is 0 Å². The van der Waals surface area contributed by atoms with Crippen LogP contribution in [0.2, 0.25) is 0 Å². The lowest BCUT2D eigenvalue weighted by atomic mass is 10.3. The zero-order valence-corrected chi connectivity index (χ0v) is 6.67. The van der Waals surface area contributed by atoms with E-state index in [0.717, 1.165) is 0 Å². The van der Waals surface area contributed by atoms with Crippen LogP contribution in [0, 0.1) is 0 Å². The maximum Gasteiger partial charge on any atom is 0.132 e. The first kappa shape index (κ1) is 8.10. The highest BCUT2D eigenvalue weighted by molar-refractivity contribution is 7.98. The molecule has 1 unspecified atom stereocenters. The molecule has 0 heterocycles. The maximum absolute atomic E-state index is 11.1. The largest absolute Gasteiger partial charge is 0.507 e. The quantitative estimate of drug-likeness (QED) is 0.598. The Morgan fingerprint density at radius 1 is 1.45 bits per heavy atom. The second-order valence-electron chi connectivity index (χ2n) is 2.19. The highest BCUT2D eigenvalue weighted by Crippen LogP contribution is 2.19. The summed E-state index contributed by atoms with van der Waals surface area (Å²) in [5.41, 5.74) is 0. The molecule has 0 aromatic heterocycles. The van der Waals surface area contributed by atoms with Gasteiger partial charge in [-0.05, 0) is 18.0 Å². The molecule has 1 aromatic rings. The van der Waals surface area contributed by atoms with E-state index in [0.29, 0.717) is 0 Å². The number of para-hydroxylation sites is 1. The summed E-state index contributed by atoms with van der Waals surface area (Å²) in [5.74, 6) is 3.17. The second kappa shape index (κ2) is 2.56. The minimum atomic E-state index is -2.78. The van der Waals surface area contributed by atoms with Gasteiger partial charge in [-0.15, -0.1) is 0 Å². The first-order valence-electron chi connectivity index (χ1n) is 2.95. The van der Waals surface area contributed by atoms with Crippen LogP contribution in [0.4, 0.5) is 0 Å². The Hall–Kier alpha value is -1.00. The number of phenolic OH excluding ortho intramolecular Hbond substituents is 1. The zero-order chi connectivity index (χ0) is 8.48. The van der Waals surface area contributed by atoms with E-state index in [1.807, 2.05) is 0 Å². The molecule has 0 bridgehead atoms. The van der Waals surface area contributed by atoms with Crippen LogP contribution in [0.1, 0.15) is 0 Å². The van der Waals surface area contributed by atoms with Crippen molar-refractivity contribution in [3.8, 4) is 5.75 Å². The molecule has 1 rings (SSSR count). The maximum atomic E-state index is 11.1. The predicted molar refractivity (Wildman–Crippen MR) is 45.8 cm³/mol. The monoisotopic (exact) mass is 171 g/mol. The minimum absolute atomic E-state index is 0.0741. The third-order valence-corrected chi connectivity index (χ3v) is 2.33. The Balaban J connectivity index is 3.37. The van der Waals surface area contributed by atoms with E-state index in [-0.39, 0.29) is 10.6 Å². The molecule has 0 radical (unpaired) electrons. The Morgan fingerprint density at radius 3 is 2.36 bits per heavy atom. The predicted octanol–water partition coefficient (Wildman–Crippen LogP) is 0.341. The number of aromatic hydroxyl groups is 1. The van der Waals surface area contributed by atoms with E-state index in [1.54, 1.807) is 12.1 Å². The van der Waals surface area contributed by atoms with Crippen LogP contribution in [0.5, 0.6) is 5.75 Å². The van der Waals surface area contributed by atoms with Crippen molar-refractivity contribution in [3.63, 3.8) is 0 Å². The van der Waals surface area contributed by atoms with Crippen LogP contribution < -0.4 is 5.14 Å². The highest BCUT2D eigenvalue weighted by Gasteiger charge is 2.05. The minimum Gasteiger partial charge on any atom is -0.507 e. The summed E-state index contributed by atoms with van der Waals surface area (Å²) < 4.78 is 11.1. The van der Waals surface area contributed by atoms with Gasteiger partial charge in [-0.3, -0.25) is 5.14 Å². The highest BCUT2D eigenvalue weighted by atomic mass is 32.2. The van der Waals surface area contributed by atoms with Crippen LogP contribution in [0.3, 0.4) is 0 Å². The van der Waals surface area contributed by atoms with Gasteiger partial charge in [-0.25, -0.2) is 4.21 Å². The fourth-order valence-corrected chi connectivity index (χ4v) is 1.48. The van der Waals surface area contributed by atoms with E-state index >= 15 is 0 Å². The number of nitrogens with two attached hydrogens (primary N) is 1. The van der Waals surface area contributed by atoms with Crippen molar-refractivity contribution < 1.29 is 9.32 Å². The fraction of sp³-hybridized carbons (Fsp3) is 0. The van der Waals surface area contributed by atoms with E-state index in [2.05, 4.69) is 5.87 Å². The van der Waals surface area contributed by atoms with Gasteiger partial charge in [0.15, 0.2) is 0 Å². The van der Waals surface area contributed by atoms with Gasteiger partial charge in [0.2, 0.25) is 0 Å². The molecule has 3 N–H and O–H groups in total. The summed E-state index contributed by atoms with van der Waals surface area (Å²) in [6.45, 7) is 0. The van der Waals surface area contributed by atoms with Crippen molar-refractivity contribution in [2.75, 3.05) is 0 Å². The summed E-state index contributed by atoms with van der Waals surface area (Å²) in [7, 11) is -2.78. The van der Waals surface area contributed by atoms with Gasteiger partial charge in [-0.1, -0.05) is 12.1 Å². The lowest BCUT2D eigenvalue weighted by Crippen LogP contribution is -2.11. The second-order valence-corrected chi connectivity index (χ2v) is 4.09. The molecule has 60 valence electrons. The zero-order valence-electron chi connectivity index (χ0n) is 5.86. The molecular weight excluding hydrogens is 162 g/mol. The molecule has 0 amide bonds. The molecule has 4 heteroatoms. The molecule has 0 spiro atoms. The Kier molecular flexibility index (Phi) is 1.89. The van der Waals surface area contributed by atoms with Gasteiger partial charge < -0.3 is 5.11 Å². The molecular formula is C7H9NO2S. The Bertz CT molecular complexity index is 356. The molecule has 0 aliphatic rings. The SMILES string of the molecule is C=S(N)(=O)c1ccccc1O. The van der Waals surface area contributed by atoms with Crippen molar-refractivity contribution in [3.05, 3.63) is 24.3 Å². The van der Waals surface area contributed by atoms with Crippen molar-refractivity contribution in [2.24, 2.45) is 5.14 Å².